The molecule has 0 aliphatic carbocycles. The predicted octanol–water partition coefficient (Wildman–Crippen LogP) is 2.68. The first kappa shape index (κ1) is 18.4. The molecule has 0 bridgehead atoms. The molecule has 8 heteroatoms. The van der Waals surface area contributed by atoms with Crippen molar-refractivity contribution in [1.29, 1.82) is 0 Å². The molecule has 2 N–H and O–H groups in total. The van der Waals surface area contributed by atoms with Gasteiger partial charge in [0.1, 0.15) is 17.9 Å². The molecular weight excluding hydrogens is 368 g/mol. The van der Waals surface area contributed by atoms with E-state index in [1.165, 1.54) is 16.6 Å². The van der Waals surface area contributed by atoms with Gasteiger partial charge in [0.15, 0.2) is 5.82 Å². The van der Waals surface area contributed by atoms with Gasteiger partial charge in [-0.2, -0.15) is 0 Å². The topological polar surface area (TPSA) is 97.7 Å². The minimum absolute atomic E-state index is 0.194. The molecule has 3 aromatic heterocycles. The van der Waals surface area contributed by atoms with Crippen molar-refractivity contribution in [3.8, 4) is 22.7 Å². The first-order chi connectivity index (χ1) is 14.2. The number of ether oxygens (including phenoxy) is 1. The number of hydrogen-bond donors (Lipinski definition) is 2. The lowest BCUT2D eigenvalue weighted by atomic mass is 10.1. The van der Waals surface area contributed by atoms with E-state index < -0.39 is 0 Å². The van der Waals surface area contributed by atoms with Gasteiger partial charge in [0, 0.05) is 36.8 Å². The average Bonchev–Trinajstić information content (AvgIpc) is 3.16. The van der Waals surface area contributed by atoms with Crippen LogP contribution in [0.3, 0.4) is 0 Å². The highest BCUT2D eigenvalue weighted by Gasteiger charge is 2.11. The first-order valence-electron chi connectivity index (χ1n) is 9.14. The van der Waals surface area contributed by atoms with Crippen molar-refractivity contribution in [2.75, 3.05) is 19.0 Å². The fourth-order valence-corrected chi connectivity index (χ4v) is 2.96. The Morgan fingerprint density at radius 3 is 2.79 bits per heavy atom. The second kappa shape index (κ2) is 8.39. The van der Waals surface area contributed by atoms with Crippen molar-refractivity contribution in [2.24, 2.45) is 0 Å². The molecular formula is C21H20N6O2. The number of anilines is 1. The van der Waals surface area contributed by atoms with E-state index in [9.17, 15) is 4.79 Å². The normalized spacial score (nSPS) is 10.7. The monoisotopic (exact) mass is 388 g/mol. The van der Waals surface area contributed by atoms with Crippen molar-refractivity contribution < 1.29 is 4.74 Å². The average molecular weight is 388 g/mol. The summed E-state index contributed by atoms with van der Waals surface area (Å²) < 4.78 is 6.56. The van der Waals surface area contributed by atoms with E-state index in [-0.39, 0.29) is 5.56 Å². The van der Waals surface area contributed by atoms with Crippen LogP contribution >= 0.6 is 0 Å². The van der Waals surface area contributed by atoms with Crippen molar-refractivity contribution in [2.45, 2.75) is 6.42 Å². The van der Waals surface area contributed by atoms with Crippen LogP contribution in [0.4, 0.5) is 5.82 Å². The van der Waals surface area contributed by atoms with E-state index in [2.05, 4.69) is 25.4 Å². The molecule has 8 nitrogen and oxygen atoms in total. The first-order valence-corrected chi connectivity index (χ1v) is 9.14. The highest BCUT2D eigenvalue weighted by molar-refractivity contribution is 5.60. The molecule has 146 valence electrons. The third-order valence-corrected chi connectivity index (χ3v) is 4.50. The van der Waals surface area contributed by atoms with E-state index in [0.717, 1.165) is 17.7 Å². The minimum atomic E-state index is -0.194. The summed E-state index contributed by atoms with van der Waals surface area (Å²) in [7, 11) is 1.65. The Labute approximate surface area is 167 Å². The maximum absolute atomic E-state index is 12.7. The number of rotatable bonds is 7. The number of hydrogen-bond acceptors (Lipinski definition) is 6. The molecule has 0 amide bonds. The fourth-order valence-electron chi connectivity index (χ4n) is 2.96. The zero-order valence-electron chi connectivity index (χ0n) is 15.9. The van der Waals surface area contributed by atoms with Crippen LogP contribution in [0.2, 0.25) is 0 Å². The maximum atomic E-state index is 12.7. The Balaban J connectivity index is 1.46. The maximum Gasteiger partial charge on any atom is 0.280 e. The molecule has 0 aliphatic rings. The fraction of sp³-hybridized carbons (Fsp3) is 0.143. The molecule has 0 unspecified atom stereocenters. The van der Waals surface area contributed by atoms with Crippen LogP contribution < -0.4 is 15.6 Å². The standard InChI is InChI=1S/C21H20N6O2/c1-29-17-6-4-15(5-7-17)8-10-23-19-11-20(25-14-24-19)27-21(28)18(13-26-27)16-3-2-9-22-12-16/h2-7,9,11-14,26H,8,10H2,1H3,(H,23,24,25). The van der Waals surface area contributed by atoms with Gasteiger partial charge in [-0.15, -0.1) is 0 Å². The highest BCUT2D eigenvalue weighted by atomic mass is 16.5. The molecule has 1 aromatic carbocycles. The molecule has 0 atom stereocenters. The number of pyridine rings is 1. The molecule has 0 fully saturated rings. The van der Waals surface area contributed by atoms with E-state index in [0.29, 0.717) is 23.7 Å². The van der Waals surface area contributed by atoms with Gasteiger partial charge in [0.25, 0.3) is 5.56 Å². The molecule has 4 aromatic rings. The van der Waals surface area contributed by atoms with Crippen LogP contribution in [0.1, 0.15) is 5.56 Å². The van der Waals surface area contributed by atoms with Gasteiger partial charge in [-0.1, -0.05) is 18.2 Å². The summed E-state index contributed by atoms with van der Waals surface area (Å²) in [6.07, 6.45) is 7.24. The van der Waals surface area contributed by atoms with Crippen LogP contribution in [0.25, 0.3) is 16.9 Å². The van der Waals surface area contributed by atoms with Crippen LogP contribution in [0, 0.1) is 0 Å². The third-order valence-electron chi connectivity index (χ3n) is 4.50. The van der Waals surface area contributed by atoms with E-state index >= 15 is 0 Å². The number of methoxy groups -OCH3 is 1. The number of aromatic amines is 1. The molecule has 29 heavy (non-hydrogen) atoms. The third kappa shape index (κ3) is 4.16. The van der Waals surface area contributed by atoms with Gasteiger partial charge in [-0.25, -0.2) is 14.6 Å². The lowest BCUT2D eigenvalue weighted by Gasteiger charge is -2.08. The quantitative estimate of drug-likeness (QED) is 0.505. The summed E-state index contributed by atoms with van der Waals surface area (Å²) >= 11 is 0. The van der Waals surface area contributed by atoms with Crippen LogP contribution in [-0.2, 0) is 6.42 Å². The molecule has 0 spiro atoms. The summed E-state index contributed by atoms with van der Waals surface area (Å²) in [5.41, 5.74) is 2.28. The Bertz CT molecular complexity index is 1140. The number of nitrogens with one attached hydrogen (secondary N) is 2. The van der Waals surface area contributed by atoms with Gasteiger partial charge in [-0.05, 0) is 30.2 Å². The lowest BCUT2D eigenvalue weighted by molar-refractivity contribution is 0.414. The summed E-state index contributed by atoms with van der Waals surface area (Å²) in [5, 5.41) is 6.22. The number of H-pyrrole nitrogens is 1. The largest absolute Gasteiger partial charge is 0.497 e. The van der Waals surface area contributed by atoms with Crippen molar-refractivity contribution in [1.82, 2.24) is 24.7 Å². The minimum Gasteiger partial charge on any atom is -0.497 e. The smallest absolute Gasteiger partial charge is 0.280 e. The lowest BCUT2D eigenvalue weighted by Crippen LogP contribution is -2.17. The molecule has 0 saturated heterocycles. The second-order valence-corrected chi connectivity index (χ2v) is 6.36. The predicted molar refractivity (Wildman–Crippen MR) is 110 cm³/mol. The van der Waals surface area contributed by atoms with Gasteiger partial charge in [0.2, 0.25) is 0 Å². The molecule has 3 heterocycles. The van der Waals surface area contributed by atoms with Crippen molar-refractivity contribution >= 4 is 5.82 Å². The number of nitrogens with zero attached hydrogens (tertiary/aromatic N) is 4. The second-order valence-electron chi connectivity index (χ2n) is 6.36. The zero-order valence-corrected chi connectivity index (χ0v) is 15.9. The Kier molecular flexibility index (Phi) is 5.33. The van der Waals surface area contributed by atoms with Gasteiger partial charge in [-0.3, -0.25) is 14.9 Å². The molecule has 0 aliphatic heterocycles. The molecule has 0 radical (unpaired) electrons. The van der Waals surface area contributed by atoms with Crippen molar-refractivity contribution in [3.05, 3.63) is 83.3 Å². The van der Waals surface area contributed by atoms with Crippen LogP contribution in [-0.4, -0.2) is 38.4 Å². The van der Waals surface area contributed by atoms with E-state index in [1.54, 1.807) is 37.8 Å². The van der Waals surface area contributed by atoms with Crippen LogP contribution in [0.15, 0.2) is 72.2 Å². The van der Waals surface area contributed by atoms with Gasteiger partial charge < -0.3 is 10.1 Å². The van der Waals surface area contributed by atoms with Crippen molar-refractivity contribution in [3.63, 3.8) is 0 Å². The molecule has 0 saturated carbocycles. The van der Waals surface area contributed by atoms with E-state index in [4.69, 9.17) is 4.74 Å². The summed E-state index contributed by atoms with van der Waals surface area (Å²) in [5.74, 6) is 1.95. The highest BCUT2D eigenvalue weighted by Crippen LogP contribution is 2.15. The van der Waals surface area contributed by atoms with E-state index in [1.807, 2.05) is 30.3 Å². The summed E-state index contributed by atoms with van der Waals surface area (Å²) in [6, 6.07) is 13.3. The summed E-state index contributed by atoms with van der Waals surface area (Å²) in [4.78, 5) is 25.3. The molecule has 4 rings (SSSR count). The number of benzene rings is 1. The van der Waals surface area contributed by atoms with Gasteiger partial charge in [0.05, 0.1) is 12.7 Å². The zero-order chi connectivity index (χ0) is 20.1. The Morgan fingerprint density at radius 1 is 1.17 bits per heavy atom. The SMILES string of the molecule is COc1ccc(CCNc2cc(-n3[nH]cc(-c4cccnc4)c3=O)ncn2)cc1. The summed E-state index contributed by atoms with van der Waals surface area (Å²) in [6.45, 7) is 0.698. The number of aromatic nitrogens is 5. The van der Waals surface area contributed by atoms with Gasteiger partial charge >= 0.3 is 0 Å². The Morgan fingerprint density at radius 2 is 2.03 bits per heavy atom. The van der Waals surface area contributed by atoms with Crippen LogP contribution in [0.5, 0.6) is 5.75 Å². The Hall–Kier alpha value is -3.94.